The smallest absolute Gasteiger partial charge is 0.381 e. The zero-order valence-electron chi connectivity index (χ0n) is 18.0. The molecule has 2 fully saturated rings. The van der Waals surface area contributed by atoms with Crippen LogP contribution in [0.2, 0.25) is 0 Å². The van der Waals surface area contributed by atoms with Gasteiger partial charge in [-0.15, -0.1) is 24.0 Å². The molecule has 1 heterocycles. The lowest BCUT2D eigenvalue weighted by Gasteiger charge is -2.17. The molecule has 3 rings (SSSR count). The average Bonchev–Trinajstić information content (AvgIpc) is 3.34. The van der Waals surface area contributed by atoms with Crippen LogP contribution in [0, 0.1) is 5.92 Å². The molecular formula is C22H33F3IN3O2. The molecular weight excluding hydrogens is 522 g/mol. The number of rotatable bonds is 10. The van der Waals surface area contributed by atoms with Crippen molar-refractivity contribution in [3.8, 4) is 0 Å². The first-order valence-corrected chi connectivity index (χ1v) is 10.8. The summed E-state index contributed by atoms with van der Waals surface area (Å²) < 4.78 is 50.2. The second kappa shape index (κ2) is 12.2. The van der Waals surface area contributed by atoms with Gasteiger partial charge in [0.1, 0.15) is 0 Å². The van der Waals surface area contributed by atoms with Crippen molar-refractivity contribution in [1.29, 1.82) is 0 Å². The first-order valence-electron chi connectivity index (χ1n) is 10.8. The highest BCUT2D eigenvalue weighted by atomic mass is 127. The van der Waals surface area contributed by atoms with E-state index in [-0.39, 0.29) is 29.4 Å². The molecule has 31 heavy (non-hydrogen) atoms. The van der Waals surface area contributed by atoms with Crippen LogP contribution in [-0.2, 0) is 21.1 Å². The molecule has 0 amide bonds. The highest BCUT2D eigenvalue weighted by Crippen LogP contribution is 2.49. The maximum atomic E-state index is 13.0. The van der Waals surface area contributed by atoms with E-state index < -0.39 is 11.7 Å². The number of aliphatic imine (C=N–C) groups is 1. The minimum atomic E-state index is -4.32. The maximum Gasteiger partial charge on any atom is 0.416 e. The van der Waals surface area contributed by atoms with Crippen molar-refractivity contribution in [2.45, 2.75) is 44.2 Å². The van der Waals surface area contributed by atoms with Crippen LogP contribution in [-0.4, -0.2) is 52.0 Å². The molecule has 2 N–H and O–H groups in total. The fourth-order valence-electron chi connectivity index (χ4n) is 3.63. The van der Waals surface area contributed by atoms with Gasteiger partial charge >= 0.3 is 6.18 Å². The van der Waals surface area contributed by atoms with E-state index in [1.54, 1.807) is 6.07 Å². The van der Waals surface area contributed by atoms with Gasteiger partial charge in [-0.3, -0.25) is 4.99 Å². The Labute approximate surface area is 199 Å². The largest absolute Gasteiger partial charge is 0.416 e. The molecule has 0 radical (unpaired) electrons. The van der Waals surface area contributed by atoms with E-state index in [9.17, 15) is 13.2 Å². The number of benzene rings is 1. The van der Waals surface area contributed by atoms with Crippen LogP contribution < -0.4 is 10.6 Å². The van der Waals surface area contributed by atoms with Gasteiger partial charge in [-0.25, -0.2) is 0 Å². The summed E-state index contributed by atoms with van der Waals surface area (Å²) in [7, 11) is 0. The number of nitrogens with zero attached hydrogens (tertiary/aromatic N) is 1. The average molecular weight is 555 g/mol. The highest BCUT2D eigenvalue weighted by molar-refractivity contribution is 14.0. The Bertz CT molecular complexity index is 705. The van der Waals surface area contributed by atoms with Crippen molar-refractivity contribution in [2.75, 3.05) is 46.1 Å². The van der Waals surface area contributed by atoms with Crippen LogP contribution in [0.25, 0.3) is 0 Å². The second-order valence-corrected chi connectivity index (χ2v) is 8.14. The molecule has 176 valence electrons. The summed E-state index contributed by atoms with van der Waals surface area (Å²) in [5.74, 6) is 1.21. The van der Waals surface area contributed by atoms with Crippen molar-refractivity contribution in [3.63, 3.8) is 0 Å². The Balaban J connectivity index is 0.00000341. The zero-order valence-corrected chi connectivity index (χ0v) is 20.3. The standard InChI is InChI=1S/C22H32F3N3O2.HI/c1-2-26-20(27-10-4-11-29-14-17-7-12-30-15-17)28-16-21(8-9-21)18-5-3-6-19(13-18)22(23,24)25;/h3,5-6,13,17H,2,4,7-12,14-16H2,1H3,(H2,26,27,28);1H. The van der Waals surface area contributed by atoms with Gasteiger partial charge in [0.05, 0.1) is 25.3 Å². The van der Waals surface area contributed by atoms with Crippen LogP contribution in [0.3, 0.4) is 0 Å². The lowest BCUT2D eigenvalue weighted by atomic mass is 9.94. The molecule has 1 saturated carbocycles. The van der Waals surface area contributed by atoms with Gasteiger partial charge in [-0.05, 0) is 44.2 Å². The van der Waals surface area contributed by atoms with Crippen LogP contribution in [0.15, 0.2) is 29.3 Å². The van der Waals surface area contributed by atoms with Gasteiger partial charge in [0, 0.05) is 37.6 Å². The van der Waals surface area contributed by atoms with Crippen LogP contribution in [0.1, 0.15) is 43.7 Å². The third kappa shape index (κ3) is 8.09. The van der Waals surface area contributed by atoms with Gasteiger partial charge in [0.15, 0.2) is 5.96 Å². The molecule has 1 aromatic rings. The van der Waals surface area contributed by atoms with Gasteiger partial charge in [0.25, 0.3) is 0 Å². The first kappa shape index (κ1) is 26.2. The normalized spacial score (nSPS) is 20.3. The van der Waals surface area contributed by atoms with E-state index in [1.165, 1.54) is 12.1 Å². The van der Waals surface area contributed by atoms with E-state index in [0.717, 1.165) is 70.2 Å². The monoisotopic (exact) mass is 555 g/mol. The maximum absolute atomic E-state index is 13.0. The van der Waals surface area contributed by atoms with E-state index in [2.05, 4.69) is 15.6 Å². The molecule has 0 aromatic heterocycles. The predicted molar refractivity (Wildman–Crippen MR) is 126 cm³/mol. The number of alkyl halides is 3. The number of hydrogen-bond acceptors (Lipinski definition) is 3. The summed E-state index contributed by atoms with van der Waals surface area (Å²) in [6.07, 6.45) is -0.676. The predicted octanol–water partition coefficient (Wildman–Crippen LogP) is 4.35. The van der Waals surface area contributed by atoms with Crippen LogP contribution in [0.5, 0.6) is 0 Å². The Morgan fingerprint density at radius 3 is 2.74 bits per heavy atom. The Morgan fingerprint density at radius 2 is 2.10 bits per heavy atom. The summed E-state index contributed by atoms with van der Waals surface area (Å²) in [4.78, 5) is 4.65. The van der Waals surface area contributed by atoms with Crippen molar-refractivity contribution >= 4 is 29.9 Å². The molecule has 1 atom stereocenters. The molecule has 5 nitrogen and oxygen atoms in total. The van der Waals surface area contributed by atoms with E-state index in [4.69, 9.17) is 9.47 Å². The topological polar surface area (TPSA) is 54.9 Å². The molecule has 2 aliphatic rings. The minimum Gasteiger partial charge on any atom is -0.381 e. The van der Waals surface area contributed by atoms with Crippen molar-refractivity contribution in [1.82, 2.24) is 10.6 Å². The molecule has 0 bridgehead atoms. The number of guanidine groups is 1. The van der Waals surface area contributed by atoms with Crippen molar-refractivity contribution in [3.05, 3.63) is 35.4 Å². The van der Waals surface area contributed by atoms with Crippen LogP contribution >= 0.6 is 24.0 Å². The molecule has 1 saturated heterocycles. The fraction of sp³-hybridized carbons (Fsp3) is 0.682. The SMILES string of the molecule is CCNC(=NCC1(c2cccc(C(F)(F)F)c2)CC1)NCCCOCC1CCOC1.I. The zero-order chi connectivity index (χ0) is 21.5. The van der Waals surface area contributed by atoms with Crippen molar-refractivity contribution in [2.24, 2.45) is 10.9 Å². The summed E-state index contributed by atoms with van der Waals surface area (Å²) in [5.41, 5.74) is -0.151. The first-order chi connectivity index (χ1) is 14.4. The number of ether oxygens (including phenoxy) is 2. The Hall–Kier alpha value is -1.07. The summed E-state index contributed by atoms with van der Waals surface area (Å²) in [5, 5.41) is 6.50. The molecule has 1 aliphatic heterocycles. The lowest BCUT2D eigenvalue weighted by molar-refractivity contribution is -0.137. The third-order valence-corrected chi connectivity index (χ3v) is 5.68. The van der Waals surface area contributed by atoms with Crippen LogP contribution in [0.4, 0.5) is 13.2 Å². The Kier molecular flexibility index (Phi) is 10.3. The van der Waals surface area contributed by atoms with Crippen molar-refractivity contribution < 1.29 is 22.6 Å². The fourth-order valence-corrected chi connectivity index (χ4v) is 3.63. The summed E-state index contributed by atoms with van der Waals surface area (Å²) >= 11 is 0. The van der Waals surface area contributed by atoms with Gasteiger partial charge in [-0.2, -0.15) is 13.2 Å². The van der Waals surface area contributed by atoms with Gasteiger partial charge < -0.3 is 20.1 Å². The molecule has 1 aliphatic carbocycles. The quantitative estimate of drug-likeness (QED) is 0.195. The number of nitrogens with one attached hydrogen (secondary N) is 2. The molecule has 1 unspecified atom stereocenters. The summed E-state index contributed by atoms with van der Waals surface area (Å²) in [6, 6.07) is 5.67. The third-order valence-electron chi connectivity index (χ3n) is 5.68. The highest BCUT2D eigenvalue weighted by Gasteiger charge is 2.45. The number of hydrogen-bond donors (Lipinski definition) is 2. The van der Waals surface area contributed by atoms with E-state index >= 15 is 0 Å². The second-order valence-electron chi connectivity index (χ2n) is 8.14. The number of halogens is 4. The van der Waals surface area contributed by atoms with Gasteiger partial charge in [0.2, 0.25) is 0 Å². The minimum absolute atomic E-state index is 0. The lowest BCUT2D eigenvalue weighted by Crippen LogP contribution is -2.38. The van der Waals surface area contributed by atoms with E-state index in [0.29, 0.717) is 25.0 Å². The molecule has 0 spiro atoms. The molecule has 9 heteroatoms. The van der Waals surface area contributed by atoms with Gasteiger partial charge in [-0.1, -0.05) is 18.2 Å². The molecule has 1 aromatic carbocycles. The summed E-state index contributed by atoms with van der Waals surface area (Å²) in [6.45, 7) is 6.96. The Morgan fingerprint density at radius 1 is 1.29 bits per heavy atom. The van der Waals surface area contributed by atoms with E-state index in [1.807, 2.05) is 6.92 Å².